The first-order valence-electron chi connectivity index (χ1n) is 5.91. The summed E-state index contributed by atoms with van der Waals surface area (Å²) in [5.41, 5.74) is 2.91. The van der Waals surface area contributed by atoms with Crippen LogP contribution in [0, 0.1) is 12.7 Å². The first-order valence-corrected chi connectivity index (χ1v) is 7.08. The predicted octanol–water partition coefficient (Wildman–Crippen LogP) is 4.86. The van der Waals surface area contributed by atoms with Crippen LogP contribution in [0.3, 0.4) is 0 Å². The van der Waals surface area contributed by atoms with Crippen molar-refractivity contribution >= 4 is 27.5 Å². The van der Waals surface area contributed by atoms with E-state index in [1.807, 2.05) is 26.1 Å². The Balaban J connectivity index is 2.55. The zero-order chi connectivity index (χ0) is 14.0. The van der Waals surface area contributed by atoms with Crippen LogP contribution in [-0.2, 0) is 0 Å². The minimum atomic E-state index is -0.288. The van der Waals surface area contributed by atoms with Crippen LogP contribution in [0.4, 0.5) is 4.39 Å². The molecule has 0 radical (unpaired) electrons. The lowest BCUT2D eigenvalue weighted by Crippen LogP contribution is -2.19. The fourth-order valence-corrected chi connectivity index (χ4v) is 2.80. The number of benzene rings is 2. The average molecular weight is 343 g/mol. The van der Waals surface area contributed by atoms with Crippen molar-refractivity contribution in [3.63, 3.8) is 0 Å². The Morgan fingerprint density at radius 3 is 2.58 bits per heavy atom. The molecule has 1 unspecified atom stereocenters. The summed E-state index contributed by atoms with van der Waals surface area (Å²) in [5, 5.41) is 3.74. The largest absolute Gasteiger partial charge is 0.309 e. The summed E-state index contributed by atoms with van der Waals surface area (Å²) in [6, 6.07) is 10.3. The van der Waals surface area contributed by atoms with E-state index < -0.39 is 0 Å². The number of halogens is 3. The molecule has 0 aromatic heterocycles. The van der Waals surface area contributed by atoms with Gasteiger partial charge in [-0.25, -0.2) is 4.39 Å². The second-order valence-corrected chi connectivity index (χ2v) is 5.67. The van der Waals surface area contributed by atoms with Gasteiger partial charge in [0, 0.05) is 9.50 Å². The van der Waals surface area contributed by atoms with Gasteiger partial charge in [-0.2, -0.15) is 0 Å². The van der Waals surface area contributed by atoms with Gasteiger partial charge < -0.3 is 5.32 Å². The molecule has 100 valence electrons. The lowest BCUT2D eigenvalue weighted by molar-refractivity contribution is 0.616. The predicted molar refractivity (Wildman–Crippen MR) is 81.2 cm³/mol. The van der Waals surface area contributed by atoms with E-state index >= 15 is 0 Å². The summed E-state index contributed by atoms with van der Waals surface area (Å²) < 4.78 is 14.4. The molecule has 0 bridgehead atoms. The molecule has 4 heteroatoms. The Bertz CT molecular complexity index is 549. The Hall–Kier alpha value is -0.900. The lowest BCUT2D eigenvalue weighted by atomic mass is 9.97. The van der Waals surface area contributed by atoms with Gasteiger partial charge in [-0.05, 0) is 49.4 Å². The molecular formula is C15H14BrClFN. The summed E-state index contributed by atoms with van der Waals surface area (Å²) in [7, 11) is 1.83. The lowest BCUT2D eigenvalue weighted by Gasteiger charge is -2.20. The van der Waals surface area contributed by atoms with Crippen LogP contribution < -0.4 is 5.32 Å². The maximum Gasteiger partial charge on any atom is 0.123 e. The summed E-state index contributed by atoms with van der Waals surface area (Å²) in [6.45, 7) is 2.02. The summed E-state index contributed by atoms with van der Waals surface area (Å²) in [6.07, 6.45) is 0. The molecule has 0 saturated heterocycles. The second kappa shape index (κ2) is 6.04. The van der Waals surface area contributed by atoms with Gasteiger partial charge >= 0.3 is 0 Å². The quantitative estimate of drug-likeness (QED) is 0.840. The normalized spacial score (nSPS) is 12.5. The van der Waals surface area contributed by atoms with Gasteiger partial charge in [-0.3, -0.25) is 0 Å². The highest BCUT2D eigenvalue weighted by Crippen LogP contribution is 2.33. The highest BCUT2D eigenvalue weighted by atomic mass is 79.9. The third kappa shape index (κ3) is 3.16. The molecule has 0 aliphatic rings. The number of rotatable bonds is 3. The van der Waals surface area contributed by atoms with E-state index in [0.717, 1.165) is 21.2 Å². The second-order valence-electron chi connectivity index (χ2n) is 4.41. The van der Waals surface area contributed by atoms with Crippen molar-refractivity contribution in [2.24, 2.45) is 0 Å². The molecule has 1 nitrogen and oxygen atoms in total. The standard InChI is InChI=1S/C15H14BrClFN/c1-9-3-5-13(16)11(7-9)15(19-2)12-8-10(18)4-6-14(12)17/h3-8,15,19H,1-2H3. The monoisotopic (exact) mass is 341 g/mol. The molecule has 2 aromatic rings. The SMILES string of the molecule is CNC(c1cc(F)ccc1Cl)c1cc(C)ccc1Br. The minimum absolute atomic E-state index is 0.155. The minimum Gasteiger partial charge on any atom is -0.309 e. The van der Waals surface area contributed by atoms with E-state index in [2.05, 4.69) is 27.3 Å². The molecule has 0 saturated carbocycles. The number of hydrogen-bond acceptors (Lipinski definition) is 1. The molecule has 0 amide bonds. The van der Waals surface area contributed by atoms with E-state index in [0.29, 0.717) is 5.02 Å². The molecule has 0 spiro atoms. The molecule has 0 aliphatic carbocycles. The highest BCUT2D eigenvalue weighted by molar-refractivity contribution is 9.10. The Kier molecular flexibility index (Phi) is 4.61. The molecule has 2 rings (SSSR count). The van der Waals surface area contributed by atoms with Crippen molar-refractivity contribution < 1.29 is 4.39 Å². The van der Waals surface area contributed by atoms with Crippen molar-refractivity contribution in [3.8, 4) is 0 Å². The smallest absolute Gasteiger partial charge is 0.123 e. The summed E-state index contributed by atoms with van der Waals surface area (Å²) in [5.74, 6) is -0.288. The van der Waals surface area contributed by atoms with Crippen molar-refractivity contribution in [3.05, 3.63) is 68.4 Å². The third-order valence-corrected chi connectivity index (χ3v) is 4.09. The van der Waals surface area contributed by atoms with Crippen molar-refractivity contribution in [1.29, 1.82) is 0 Å². The Morgan fingerprint density at radius 1 is 1.16 bits per heavy atom. The average Bonchev–Trinajstić information content (AvgIpc) is 2.38. The van der Waals surface area contributed by atoms with Gasteiger partial charge in [0.1, 0.15) is 5.82 Å². The number of nitrogens with one attached hydrogen (secondary N) is 1. The van der Waals surface area contributed by atoms with Crippen LogP contribution in [-0.4, -0.2) is 7.05 Å². The van der Waals surface area contributed by atoms with E-state index in [-0.39, 0.29) is 11.9 Å². The van der Waals surface area contributed by atoms with Crippen molar-refractivity contribution in [1.82, 2.24) is 5.32 Å². The maximum atomic E-state index is 13.4. The van der Waals surface area contributed by atoms with Crippen LogP contribution in [0.15, 0.2) is 40.9 Å². The molecule has 1 atom stereocenters. The molecule has 0 fully saturated rings. The van der Waals surface area contributed by atoms with Gasteiger partial charge in [-0.15, -0.1) is 0 Å². The third-order valence-electron chi connectivity index (χ3n) is 3.02. The van der Waals surface area contributed by atoms with Gasteiger partial charge in [-0.1, -0.05) is 45.2 Å². The van der Waals surface area contributed by atoms with Crippen molar-refractivity contribution in [2.75, 3.05) is 7.05 Å². The van der Waals surface area contributed by atoms with Gasteiger partial charge in [0.15, 0.2) is 0 Å². The number of hydrogen-bond donors (Lipinski definition) is 1. The van der Waals surface area contributed by atoms with E-state index in [9.17, 15) is 4.39 Å². The molecule has 1 N–H and O–H groups in total. The van der Waals surface area contributed by atoms with Gasteiger partial charge in [0.2, 0.25) is 0 Å². The van der Waals surface area contributed by atoms with Crippen LogP contribution >= 0.6 is 27.5 Å². The van der Waals surface area contributed by atoms with E-state index in [1.54, 1.807) is 6.07 Å². The highest BCUT2D eigenvalue weighted by Gasteiger charge is 2.18. The van der Waals surface area contributed by atoms with Crippen molar-refractivity contribution in [2.45, 2.75) is 13.0 Å². The molecule has 2 aromatic carbocycles. The fraction of sp³-hybridized carbons (Fsp3) is 0.200. The van der Waals surface area contributed by atoms with Crippen LogP contribution in [0.5, 0.6) is 0 Å². The molecular weight excluding hydrogens is 329 g/mol. The summed E-state index contributed by atoms with van der Waals surface area (Å²) in [4.78, 5) is 0. The Labute approximate surface area is 125 Å². The maximum absolute atomic E-state index is 13.4. The first-order chi connectivity index (χ1) is 9.02. The van der Waals surface area contributed by atoms with E-state index in [4.69, 9.17) is 11.6 Å². The Morgan fingerprint density at radius 2 is 1.89 bits per heavy atom. The van der Waals surface area contributed by atoms with Crippen LogP contribution in [0.2, 0.25) is 5.02 Å². The fourth-order valence-electron chi connectivity index (χ4n) is 2.10. The molecule has 19 heavy (non-hydrogen) atoms. The van der Waals surface area contributed by atoms with Crippen LogP contribution in [0.25, 0.3) is 0 Å². The zero-order valence-electron chi connectivity index (χ0n) is 10.7. The van der Waals surface area contributed by atoms with Crippen LogP contribution in [0.1, 0.15) is 22.7 Å². The summed E-state index contributed by atoms with van der Waals surface area (Å²) >= 11 is 9.73. The first kappa shape index (κ1) is 14.5. The van der Waals surface area contributed by atoms with Gasteiger partial charge in [0.25, 0.3) is 0 Å². The molecule has 0 heterocycles. The van der Waals surface area contributed by atoms with E-state index in [1.165, 1.54) is 12.1 Å². The number of aryl methyl sites for hydroxylation is 1. The van der Waals surface area contributed by atoms with Gasteiger partial charge in [0.05, 0.1) is 6.04 Å². The molecule has 0 aliphatic heterocycles. The zero-order valence-corrected chi connectivity index (χ0v) is 13.0. The topological polar surface area (TPSA) is 12.0 Å².